The molecule has 5 rings (SSSR count). The lowest BCUT2D eigenvalue weighted by Gasteiger charge is -2.29. The minimum absolute atomic E-state index is 0.0764. The molecule has 1 aliphatic rings. The van der Waals surface area contributed by atoms with Crippen LogP contribution in [0.2, 0.25) is 0 Å². The number of hydrogen-bond donors (Lipinski definition) is 1. The van der Waals surface area contributed by atoms with Gasteiger partial charge in [0.15, 0.2) is 16.1 Å². The molecule has 2 amide bonds. The fraction of sp³-hybridized carbons (Fsp3) is 0.226. The van der Waals surface area contributed by atoms with Crippen molar-refractivity contribution in [2.24, 2.45) is 4.99 Å². The normalized spacial score (nSPS) is 14.8. The number of aryl methyl sites for hydroxylation is 1. The topological polar surface area (TPSA) is 105 Å². The summed E-state index contributed by atoms with van der Waals surface area (Å²) in [5, 5.41) is 8.01. The molecule has 1 fully saturated rings. The van der Waals surface area contributed by atoms with E-state index < -0.39 is 17.9 Å². The van der Waals surface area contributed by atoms with E-state index in [1.165, 1.54) is 51.6 Å². The van der Waals surface area contributed by atoms with Crippen LogP contribution in [0.1, 0.15) is 29.8 Å². The molecule has 1 N–H and O–H groups in total. The number of benzene rings is 3. The van der Waals surface area contributed by atoms with Crippen molar-refractivity contribution in [3.63, 3.8) is 0 Å². The molecule has 0 spiro atoms. The van der Waals surface area contributed by atoms with Crippen molar-refractivity contribution in [1.82, 2.24) is 25.0 Å². The zero-order valence-electron chi connectivity index (χ0n) is 25.1. The third kappa shape index (κ3) is 7.05. The van der Waals surface area contributed by atoms with E-state index >= 15 is 0 Å². The minimum Gasteiger partial charge on any atom is -0.497 e. The van der Waals surface area contributed by atoms with Gasteiger partial charge in [0.2, 0.25) is 11.8 Å². The van der Waals surface area contributed by atoms with E-state index in [9.17, 15) is 22.8 Å². The molecule has 15 heteroatoms. The lowest BCUT2D eigenvalue weighted by Crippen LogP contribution is -2.41. The van der Waals surface area contributed by atoms with Crippen LogP contribution in [0, 0.1) is 6.92 Å². The number of amidine groups is 1. The number of ether oxygens (including phenoxy) is 1. The van der Waals surface area contributed by atoms with E-state index in [-0.39, 0.29) is 22.7 Å². The summed E-state index contributed by atoms with van der Waals surface area (Å²) >= 11 is 6.83. The second kappa shape index (κ2) is 13.3. The lowest BCUT2D eigenvalue weighted by molar-refractivity contribution is -0.137. The zero-order chi connectivity index (χ0) is 33.2. The van der Waals surface area contributed by atoms with E-state index in [0.29, 0.717) is 39.2 Å². The third-order valence-corrected chi connectivity index (χ3v) is 8.32. The molecule has 1 atom stereocenters. The summed E-state index contributed by atoms with van der Waals surface area (Å²) in [5.74, 6) is 0.862. The first-order chi connectivity index (χ1) is 21.8. The summed E-state index contributed by atoms with van der Waals surface area (Å²) in [6.07, 6.45) is -3.71. The fourth-order valence-electron chi connectivity index (χ4n) is 4.65. The van der Waals surface area contributed by atoms with Gasteiger partial charge in [0.25, 0.3) is 0 Å². The highest BCUT2D eigenvalue weighted by Gasteiger charge is 2.32. The Bertz CT molecular complexity index is 1810. The van der Waals surface area contributed by atoms with Crippen molar-refractivity contribution in [2.75, 3.05) is 24.8 Å². The number of thiocarbonyl (C=S) groups is 1. The molecule has 2 heterocycles. The number of alkyl halides is 3. The molecular formula is C31H28F3N7O3S2. The number of anilines is 1. The number of nitrogens with zero attached hydrogens (tertiary/aromatic N) is 6. The highest BCUT2D eigenvalue weighted by molar-refractivity contribution is 8.15. The summed E-state index contributed by atoms with van der Waals surface area (Å²) in [5.41, 5.74) is 2.50. The number of amides is 2. The Morgan fingerprint density at radius 2 is 1.83 bits per heavy atom. The number of carbonyl (C=O) groups is 2. The quantitative estimate of drug-likeness (QED) is 0.196. The number of hydrogen-bond acceptors (Lipinski definition) is 7. The highest BCUT2D eigenvalue weighted by Crippen LogP contribution is 2.32. The summed E-state index contributed by atoms with van der Waals surface area (Å²) in [4.78, 5) is 37.1. The summed E-state index contributed by atoms with van der Waals surface area (Å²) in [6.45, 7) is 3.30. The molecule has 238 valence electrons. The van der Waals surface area contributed by atoms with Crippen molar-refractivity contribution in [3.05, 3.63) is 89.7 Å². The van der Waals surface area contributed by atoms with Gasteiger partial charge in [-0.1, -0.05) is 36.0 Å². The molecule has 46 heavy (non-hydrogen) atoms. The number of methoxy groups -OCH3 is 1. The predicted molar refractivity (Wildman–Crippen MR) is 174 cm³/mol. The van der Waals surface area contributed by atoms with Gasteiger partial charge in [-0.05, 0) is 72.7 Å². The molecule has 1 saturated heterocycles. The van der Waals surface area contributed by atoms with Crippen LogP contribution in [0.5, 0.6) is 5.75 Å². The van der Waals surface area contributed by atoms with Crippen LogP contribution in [0.3, 0.4) is 0 Å². The molecule has 0 aliphatic carbocycles. The van der Waals surface area contributed by atoms with Crippen LogP contribution >= 0.6 is 24.0 Å². The monoisotopic (exact) mass is 667 g/mol. The number of aliphatic imine (C=N–C) groups is 1. The molecule has 1 aliphatic heterocycles. The van der Waals surface area contributed by atoms with E-state index in [1.54, 1.807) is 50.6 Å². The predicted octanol–water partition coefficient (Wildman–Crippen LogP) is 5.76. The van der Waals surface area contributed by atoms with Gasteiger partial charge in [-0.3, -0.25) is 14.5 Å². The van der Waals surface area contributed by atoms with E-state index in [4.69, 9.17) is 17.0 Å². The molecule has 0 saturated carbocycles. The average molecular weight is 668 g/mol. The van der Waals surface area contributed by atoms with Crippen LogP contribution in [0.4, 0.5) is 18.9 Å². The average Bonchev–Trinajstić information content (AvgIpc) is 3.66. The van der Waals surface area contributed by atoms with E-state index in [1.807, 2.05) is 13.0 Å². The number of rotatable bonds is 7. The Morgan fingerprint density at radius 1 is 1.13 bits per heavy atom. The van der Waals surface area contributed by atoms with Gasteiger partial charge in [0, 0.05) is 19.5 Å². The molecule has 3 aromatic carbocycles. The molecule has 1 unspecified atom stereocenters. The SMILES string of the molecule is COc1ccc(N2C(=O)CS/C2=N\C(=S)NC(c2ccc(-c3ncn(-c4ccc(C(F)(F)F)cc4)n3)cc2)N(C)C(C)=O)c(C)c1. The van der Waals surface area contributed by atoms with Gasteiger partial charge in [-0.25, -0.2) is 9.67 Å². The zero-order valence-corrected chi connectivity index (χ0v) is 26.7. The highest BCUT2D eigenvalue weighted by atomic mass is 32.2. The second-order valence-electron chi connectivity index (χ2n) is 10.2. The first kappa shape index (κ1) is 32.6. The van der Waals surface area contributed by atoms with Gasteiger partial charge in [-0.2, -0.15) is 18.2 Å². The fourth-order valence-corrected chi connectivity index (χ4v) is 5.77. The third-order valence-electron chi connectivity index (χ3n) is 7.19. The van der Waals surface area contributed by atoms with Crippen LogP contribution in [-0.2, 0) is 15.8 Å². The van der Waals surface area contributed by atoms with Crippen LogP contribution in [0.25, 0.3) is 17.1 Å². The maximum Gasteiger partial charge on any atom is 0.416 e. The van der Waals surface area contributed by atoms with Crippen LogP contribution < -0.4 is 15.0 Å². The number of carbonyl (C=O) groups excluding carboxylic acids is 2. The van der Waals surface area contributed by atoms with E-state index in [0.717, 1.165) is 17.7 Å². The Labute approximate surface area is 272 Å². The smallest absolute Gasteiger partial charge is 0.416 e. The van der Waals surface area contributed by atoms with Gasteiger partial charge in [0.1, 0.15) is 18.2 Å². The minimum atomic E-state index is -4.43. The van der Waals surface area contributed by atoms with Crippen molar-refractivity contribution in [2.45, 2.75) is 26.2 Å². The van der Waals surface area contributed by atoms with Crippen molar-refractivity contribution < 1.29 is 27.5 Å². The van der Waals surface area contributed by atoms with Gasteiger partial charge in [-0.15, -0.1) is 5.10 Å². The van der Waals surface area contributed by atoms with Gasteiger partial charge >= 0.3 is 6.18 Å². The standard InChI is InChI=1S/C31H28F3N7O3S2/c1-18-15-24(44-4)13-14-25(18)41-26(43)16-46-30(41)37-29(45)36-28(39(3)19(2)42)21-7-5-20(6-8-21)27-35-17-40(38-27)23-11-9-22(10-12-23)31(32,33)34/h5-15,17,28H,16H2,1-4H3,(H,36,45)/b37-30-. The number of nitrogens with one attached hydrogen (secondary N) is 1. The first-order valence-electron chi connectivity index (χ1n) is 13.8. The Morgan fingerprint density at radius 3 is 2.43 bits per heavy atom. The molecule has 0 radical (unpaired) electrons. The molecule has 1 aromatic heterocycles. The second-order valence-corrected chi connectivity index (χ2v) is 11.6. The summed E-state index contributed by atoms with van der Waals surface area (Å²) in [6, 6.07) is 17.1. The van der Waals surface area contributed by atoms with Crippen LogP contribution in [0.15, 0.2) is 78.0 Å². The number of aromatic nitrogens is 3. The number of thioether (sulfide) groups is 1. The summed E-state index contributed by atoms with van der Waals surface area (Å²) in [7, 11) is 3.19. The lowest BCUT2D eigenvalue weighted by atomic mass is 10.1. The van der Waals surface area contributed by atoms with Crippen molar-refractivity contribution in [3.8, 4) is 22.8 Å². The van der Waals surface area contributed by atoms with Gasteiger partial charge in [0.05, 0.1) is 29.8 Å². The van der Waals surface area contributed by atoms with E-state index in [2.05, 4.69) is 20.4 Å². The Hall–Kier alpha value is -4.76. The molecule has 0 bridgehead atoms. The van der Waals surface area contributed by atoms with Crippen LogP contribution in [-0.4, -0.2) is 61.7 Å². The molecule has 10 nitrogen and oxygen atoms in total. The Balaban J connectivity index is 1.35. The Kier molecular flexibility index (Phi) is 9.44. The maximum atomic E-state index is 12.9. The van der Waals surface area contributed by atoms with Crippen molar-refractivity contribution in [1.29, 1.82) is 0 Å². The molecular weight excluding hydrogens is 640 g/mol. The first-order valence-corrected chi connectivity index (χ1v) is 15.2. The summed E-state index contributed by atoms with van der Waals surface area (Å²) < 4.78 is 45.4. The maximum absolute atomic E-state index is 12.9. The largest absolute Gasteiger partial charge is 0.497 e. The van der Waals surface area contributed by atoms with Crippen molar-refractivity contribution >= 4 is 51.8 Å². The van der Waals surface area contributed by atoms with Gasteiger partial charge < -0.3 is 15.0 Å². The number of halogens is 3. The molecule has 4 aromatic rings.